The fraction of sp³-hybridized carbons (Fsp3) is 0.769. The summed E-state index contributed by atoms with van der Waals surface area (Å²) in [6, 6.07) is 0.234. The van der Waals surface area contributed by atoms with Crippen LogP contribution in [-0.2, 0) is 6.54 Å². The summed E-state index contributed by atoms with van der Waals surface area (Å²) in [6.45, 7) is 11.2. The maximum absolute atomic E-state index is 12.0. The van der Waals surface area contributed by atoms with Crippen LogP contribution >= 0.6 is 0 Å². The minimum Gasteiger partial charge on any atom is -0.316 e. The Labute approximate surface area is 104 Å². The van der Waals surface area contributed by atoms with Crippen LogP contribution in [0.25, 0.3) is 0 Å². The van der Waals surface area contributed by atoms with Crippen LogP contribution in [0.3, 0.4) is 0 Å². The zero-order valence-corrected chi connectivity index (χ0v) is 11.4. The molecule has 0 saturated heterocycles. The Bertz CT molecular complexity index is 378. The molecule has 4 heteroatoms. The Kier molecular flexibility index (Phi) is 5.48. The Balaban J connectivity index is 2.54. The van der Waals surface area contributed by atoms with Gasteiger partial charge in [0.15, 0.2) is 0 Å². The molecular weight excluding hydrogens is 214 g/mol. The van der Waals surface area contributed by atoms with Gasteiger partial charge >= 0.3 is 5.69 Å². The van der Waals surface area contributed by atoms with Gasteiger partial charge in [0.1, 0.15) is 0 Å². The summed E-state index contributed by atoms with van der Waals surface area (Å²) in [5.41, 5.74) is 0.0994. The fourth-order valence-electron chi connectivity index (χ4n) is 1.89. The SMILES string of the molecule is CCCNCC(C)Cn1ccn(C(C)C)c1=O. The molecule has 17 heavy (non-hydrogen) atoms. The van der Waals surface area contributed by atoms with Crippen molar-refractivity contribution in [3.8, 4) is 0 Å². The van der Waals surface area contributed by atoms with Gasteiger partial charge in [-0.25, -0.2) is 4.79 Å². The third kappa shape index (κ3) is 4.04. The van der Waals surface area contributed by atoms with Crippen molar-refractivity contribution in [1.29, 1.82) is 0 Å². The molecule has 0 radical (unpaired) electrons. The van der Waals surface area contributed by atoms with Gasteiger partial charge in [0, 0.05) is 25.0 Å². The van der Waals surface area contributed by atoms with Crippen molar-refractivity contribution in [3.63, 3.8) is 0 Å². The first-order chi connectivity index (χ1) is 8.06. The number of hydrogen-bond donors (Lipinski definition) is 1. The summed E-state index contributed by atoms with van der Waals surface area (Å²) in [6.07, 6.45) is 4.91. The highest BCUT2D eigenvalue weighted by Gasteiger charge is 2.09. The second-order valence-electron chi connectivity index (χ2n) is 5.04. The van der Waals surface area contributed by atoms with Crippen molar-refractivity contribution in [1.82, 2.24) is 14.5 Å². The van der Waals surface area contributed by atoms with E-state index in [-0.39, 0.29) is 11.7 Å². The normalized spacial score (nSPS) is 13.2. The van der Waals surface area contributed by atoms with Crippen LogP contribution in [0.2, 0.25) is 0 Å². The molecule has 1 unspecified atom stereocenters. The lowest BCUT2D eigenvalue weighted by Gasteiger charge is -2.12. The molecule has 1 rings (SSSR count). The molecule has 0 amide bonds. The third-order valence-corrected chi connectivity index (χ3v) is 2.86. The summed E-state index contributed by atoms with van der Waals surface area (Å²) in [7, 11) is 0. The summed E-state index contributed by atoms with van der Waals surface area (Å²) >= 11 is 0. The Morgan fingerprint density at radius 2 is 2.00 bits per heavy atom. The average Bonchev–Trinajstić information content (AvgIpc) is 2.61. The number of nitrogens with one attached hydrogen (secondary N) is 1. The highest BCUT2D eigenvalue weighted by Crippen LogP contribution is 2.02. The van der Waals surface area contributed by atoms with E-state index in [1.165, 1.54) is 0 Å². The van der Waals surface area contributed by atoms with Crippen molar-refractivity contribution in [2.24, 2.45) is 5.92 Å². The summed E-state index contributed by atoms with van der Waals surface area (Å²) in [4.78, 5) is 12.0. The molecule has 1 aromatic rings. The zero-order valence-electron chi connectivity index (χ0n) is 11.4. The van der Waals surface area contributed by atoms with Crippen molar-refractivity contribution >= 4 is 0 Å². The van der Waals surface area contributed by atoms with E-state index in [1.54, 1.807) is 9.13 Å². The van der Waals surface area contributed by atoms with Gasteiger partial charge in [-0.05, 0) is 39.3 Å². The molecule has 1 heterocycles. The van der Waals surface area contributed by atoms with E-state index in [0.717, 1.165) is 26.1 Å². The van der Waals surface area contributed by atoms with Gasteiger partial charge in [-0.3, -0.25) is 9.13 Å². The van der Waals surface area contributed by atoms with Crippen molar-refractivity contribution in [2.75, 3.05) is 13.1 Å². The highest BCUT2D eigenvalue weighted by atomic mass is 16.1. The smallest absolute Gasteiger partial charge is 0.316 e. The molecule has 0 aliphatic rings. The first-order valence-corrected chi connectivity index (χ1v) is 6.54. The van der Waals surface area contributed by atoms with E-state index in [2.05, 4.69) is 19.2 Å². The van der Waals surface area contributed by atoms with Crippen LogP contribution in [0, 0.1) is 5.92 Å². The van der Waals surface area contributed by atoms with E-state index in [0.29, 0.717) is 5.92 Å². The first kappa shape index (κ1) is 14.0. The number of aromatic nitrogens is 2. The van der Waals surface area contributed by atoms with Crippen LogP contribution < -0.4 is 11.0 Å². The van der Waals surface area contributed by atoms with Crippen molar-refractivity contribution in [3.05, 3.63) is 22.9 Å². The maximum atomic E-state index is 12.0. The van der Waals surface area contributed by atoms with Crippen LogP contribution in [0.4, 0.5) is 0 Å². The van der Waals surface area contributed by atoms with Crippen molar-refractivity contribution < 1.29 is 0 Å². The number of hydrogen-bond acceptors (Lipinski definition) is 2. The predicted octanol–water partition coefficient (Wildman–Crippen LogP) is 1.87. The van der Waals surface area contributed by atoms with Gasteiger partial charge in [0.2, 0.25) is 0 Å². The van der Waals surface area contributed by atoms with Crippen LogP contribution in [0.1, 0.15) is 40.2 Å². The van der Waals surface area contributed by atoms with Gasteiger partial charge in [-0.15, -0.1) is 0 Å². The second kappa shape index (κ2) is 6.64. The van der Waals surface area contributed by atoms with Crippen molar-refractivity contribution in [2.45, 2.75) is 46.7 Å². The molecule has 4 nitrogen and oxygen atoms in total. The minimum absolute atomic E-state index is 0.0994. The summed E-state index contributed by atoms with van der Waals surface area (Å²) in [5, 5.41) is 3.38. The first-order valence-electron chi connectivity index (χ1n) is 6.54. The molecule has 0 saturated carbocycles. The van der Waals surface area contributed by atoms with E-state index in [1.807, 2.05) is 26.2 Å². The fourth-order valence-corrected chi connectivity index (χ4v) is 1.89. The predicted molar refractivity (Wildman–Crippen MR) is 71.4 cm³/mol. The molecular formula is C13H25N3O. The number of rotatable bonds is 7. The van der Waals surface area contributed by atoms with Gasteiger partial charge < -0.3 is 5.32 Å². The third-order valence-electron chi connectivity index (χ3n) is 2.86. The molecule has 0 spiro atoms. The second-order valence-corrected chi connectivity index (χ2v) is 5.04. The lowest BCUT2D eigenvalue weighted by atomic mass is 10.2. The molecule has 0 fully saturated rings. The Hall–Kier alpha value is -1.03. The van der Waals surface area contributed by atoms with Gasteiger partial charge in [-0.2, -0.15) is 0 Å². The summed E-state index contributed by atoms with van der Waals surface area (Å²) < 4.78 is 3.57. The number of nitrogens with zero attached hydrogens (tertiary/aromatic N) is 2. The molecule has 1 aromatic heterocycles. The molecule has 0 aliphatic heterocycles. The lowest BCUT2D eigenvalue weighted by Crippen LogP contribution is -2.30. The van der Waals surface area contributed by atoms with Gasteiger partial charge in [0.25, 0.3) is 0 Å². The molecule has 1 atom stereocenters. The Morgan fingerprint density at radius 1 is 1.29 bits per heavy atom. The largest absolute Gasteiger partial charge is 0.328 e. The zero-order chi connectivity index (χ0) is 12.8. The highest BCUT2D eigenvalue weighted by molar-refractivity contribution is 4.84. The molecule has 0 aliphatic carbocycles. The van der Waals surface area contributed by atoms with E-state index < -0.39 is 0 Å². The Morgan fingerprint density at radius 3 is 2.53 bits per heavy atom. The average molecular weight is 239 g/mol. The van der Waals surface area contributed by atoms with Crippen LogP contribution in [-0.4, -0.2) is 22.2 Å². The van der Waals surface area contributed by atoms with E-state index in [9.17, 15) is 4.79 Å². The van der Waals surface area contributed by atoms with E-state index >= 15 is 0 Å². The van der Waals surface area contributed by atoms with E-state index in [4.69, 9.17) is 0 Å². The topological polar surface area (TPSA) is 39.0 Å². The van der Waals surface area contributed by atoms with Gasteiger partial charge in [0.05, 0.1) is 0 Å². The molecule has 1 N–H and O–H groups in total. The standard InChI is InChI=1S/C13H25N3O/c1-5-6-14-9-12(4)10-15-7-8-16(11(2)3)13(15)17/h7-8,11-12,14H,5-6,9-10H2,1-4H3. The molecule has 0 bridgehead atoms. The monoisotopic (exact) mass is 239 g/mol. The summed E-state index contributed by atoms with van der Waals surface area (Å²) in [5.74, 6) is 0.474. The number of imidazole rings is 1. The quantitative estimate of drug-likeness (QED) is 0.738. The molecule has 0 aromatic carbocycles. The molecule has 98 valence electrons. The van der Waals surface area contributed by atoms with Gasteiger partial charge in [-0.1, -0.05) is 13.8 Å². The lowest BCUT2D eigenvalue weighted by molar-refractivity contribution is 0.432. The maximum Gasteiger partial charge on any atom is 0.328 e. The van der Waals surface area contributed by atoms with Crippen LogP contribution in [0.5, 0.6) is 0 Å². The minimum atomic E-state index is 0.0994. The van der Waals surface area contributed by atoms with Crippen LogP contribution in [0.15, 0.2) is 17.2 Å².